The predicted molar refractivity (Wildman–Crippen MR) is 153 cm³/mol. The highest BCUT2D eigenvalue weighted by atomic mass is 35.5. The van der Waals surface area contributed by atoms with Crippen molar-refractivity contribution in [2.75, 3.05) is 5.32 Å². The monoisotopic (exact) mass is 509 g/mol. The number of hydrogen-bond donors (Lipinski definition) is 1. The van der Waals surface area contributed by atoms with Crippen molar-refractivity contribution < 1.29 is 4.21 Å². The van der Waals surface area contributed by atoms with Crippen LogP contribution in [0.2, 0.25) is 0 Å². The first-order valence-corrected chi connectivity index (χ1v) is 14.6. The van der Waals surface area contributed by atoms with E-state index in [0.29, 0.717) is 6.42 Å². The van der Waals surface area contributed by atoms with Gasteiger partial charge in [-0.25, -0.2) is 0 Å². The van der Waals surface area contributed by atoms with Crippen LogP contribution in [0.4, 0.5) is 5.69 Å². The Morgan fingerprint density at radius 3 is 1.91 bits per heavy atom. The van der Waals surface area contributed by atoms with Crippen molar-refractivity contribution in [3.8, 4) is 0 Å². The third kappa shape index (κ3) is 8.22. The fourth-order valence-corrected chi connectivity index (χ4v) is 6.58. The number of para-hydroxylation sites is 1. The van der Waals surface area contributed by atoms with E-state index in [1.54, 1.807) is 0 Å². The molecule has 3 aromatic carbocycles. The van der Waals surface area contributed by atoms with Gasteiger partial charge in [0.25, 0.3) is 0 Å². The first-order valence-electron chi connectivity index (χ1n) is 13.1. The average molecular weight is 510 g/mol. The third-order valence-corrected chi connectivity index (χ3v) is 9.15. The lowest BCUT2D eigenvalue weighted by Gasteiger charge is -2.36. The number of unbranched alkanes of at least 4 members (excludes halogenated alkanes) is 7. The molecular weight excluding hydrogens is 470 g/mol. The van der Waals surface area contributed by atoms with E-state index in [0.717, 1.165) is 34.6 Å². The lowest BCUT2D eigenvalue weighted by atomic mass is 9.97. The minimum atomic E-state index is -1.41. The van der Waals surface area contributed by atoms with Gasteiger partial charge in [0.15, 0.2) is 0 Å². The van der Waals surface area contributed by atoms with Crippen molar-refractivity contribution in [1.29, 1.82) is 0 Å². The molecule has 0 amide bonds. The van der Waals surface area contributed by atoms with Gasteiger partial charge in [0.2, 0.25) is 0 Å². The first-order chi connectivity index (χ1) is 17.0. The van der Waals surface area contributed by atoms with E-state index in [1.807, 2.05) is 79.7 Å². The van der Waals surface area contributed by atoms with Crippen molar-refractivity contribution in [1.82, 2.24) is 0 Å². The van der Waals surface area contributed by atoms with Gasteiger partial charge in [-0.3, -0.25) is 4.21 Å². The van der Waals surface area contributed by atoms with Crippen LogP contribution in [0.3, 0.4) is 0 Å². The predicted octanol–water partition coefficient (Wildman–Crippen LogP) is 9.42. The molecule has 2 nitrogen and oxygen atoms in total. The van der Waals surface area contributed by atoms with Crippen LogP contribution in [-0.2, 0) is 10.8 Å². The molecule has 0 unspecified atom stereocenters. The normalized spacial score (nSPS) is 14.7. The minimum Gasteiger partial charge on any atom is -0.375 e. The van der Waals surface area contributed by atoms with Crippen molar-refractivity contribution in [3.05, 3.63) is 96.1 Å². The molecule has 0 aliphatic heterocycles. The summed E-state index contributed by atoms with van der Waals surface area (Å²) in [6.07, 6.45) is 10.4. The molecule has 0 saturated heterocycles. The van der Waals surface area contributed by atoms with Crippen LogP contribution in [0, 0.1) is 6.92 Å². The topological polar surface area (TPSA) is 29.1 Å². The number of aryl methyl sites for hydroxylation is 1. The maximum atomic E-state index is 14.2. The Hall–Kier alpha value is -2.10. The minimum absolute atomic E-state index is 0.306. The van der Waals surface area contributed by atoms with Crippen molar-refractivity contribution in [2.45, 2.75) is 86.8 Å². The zero-order valence-corrected chi connectivity index (χ0v) is 22.8. The lowest BCUT2D eigenvalue weighted by Crippen LogP contribution is -2.39. The molecule has 0 saturated carbocycles. The van der Waals surface area contributed by atoms with E-state index in [9.17, 15) is 4.21 Å². The van der Waals surface area contributed by atoms with Gasteiger partial charge in [-0.15, -0.1) is 11.6 Å². The van der Waals surface area contributed by atoms with Gasteiger partial charge >= 0.3 is 0 Å². The summed E-state index contributed by atoms with van der Waals surface area (Å²) in [6.45, 7) is 4.30. The molecule has 3 aromatic rings. The Bertz CT molecular complexity index is 1010. The number of nitrogens with one attached hydrogen (secondary N) is 1. The quantitative estimate of drug-likeness (QED) is 0.163. The van der Waals surface area contributed by atoms with E-state index >= 15 is 0 Å². The Labute approximate surface area is 220 Å². The van der Waals surface area contributed by atoms with Gasteiger partial charge in [-0.05, 0) is 43.2 Å². The second-order valence-corrected chi connectivity index (χ2v) is 12.1. The summed E-state index contributed by atoms with van der Waals surface area (Å²) in [6, 6.07) is 28.0. The summed E-state index contributed by atoms with van der Waals surface area (Å²) in [5.41, 5.74) is 3.17. The summed E-state index contributed by atoms with van der Waals surface area (Å²) in [5, 5.41) is 3.65. The van der Waals surface area contributed by atoms with Gasteiger partial charge in [0.1, 0.15) is 4.21 Å². The number of rotatable bonds is 15. The summed E-state index contributed by atoms with van der Waals surface area (Å²) < 4.78 is 13.2. The molecule has 0 radical (unpaired) electrons. The second-order valence-electron chi connectivity index (χ2n) is 9.45. The lowest BCUT2D eigenvalue weighted by molar-refractivity contribution is 0.518. The molecule has 188 valence electrons. The van der Waals surface area contributed by atoms with Gasteiger partial charge in [-0.1, -0.05) is 125 Å². The standard InChI is InChI=1S/C31H40ClNOS/c1-3-4-5-6-7-8-9-16-25-31(32,35(34)29-23-21-26(2)22-24-29)30(27-17-12-10-13-18-27)33-28-19-14-11-15-20-28/h10-15,17-24,30,33H,3-9,16,25H2,1-2H3/t30-,31+,35+/m1/s1. The first kappa shape index (κ1) is 27.5. The Balaban J connectivity index is 1.86. The zero-order chi connectivity index (χ0) is 24.9. The molecule has 3 atom stereocenters. The number of hydrogen-bond acceptors (Lipinski definition) is 2. The molecule has 0 aliphatic rings. The largest absolute Gasteiger partial charge is 0.375 e. The molecular formula is C31H40ClNOS. The highest BCUT2D eigenvalue weighted by Gasteiger charge is 2.44. The van der Waals surface area contributed by atoms with Gasteiger partial charge in [-0.2, -0.15) is 0 Å². The smallest absolute Gasteiger partial charge is 0.148 e. The van der Waals surface area contributed by atoms with Gasteiger partial charge < -0.3 is 5.32 Å². The van der Waals surface area contributed by atoms with Crippen molar-refractivity contribution in [3.63, 3.8) is 0 Å². The molecule has 0 heterocycles. The summed E-state index contributed by atoms with van der Waals surface area (Å²) in [7, 11) is -1.41. The van der Waals surface area contributed by atoms with Crippen LogP contribution in [0.25, 0.3) is 0 Å². The van der Waals surface area contributed by atoms with Crippen molar-refractivity contribution in [2.24, 2.45) is 0 Å². The number of anilines is 1. The van der Waals surface area contributed by atoms with Crippen LogP contribution >= 0.6 is 11.6 Å². The van der Waals surface area contributed by atoms with Crippen LogP contribution < -0.4 is 5.32 Å². The third-order valence-electron chi connectivity index (χ3n) is 6.56. The van der Waals surface area contributed by atoms with E-state index < -0.39 is 15.0 Å². The summed E-state index contributed by atoms with van der Waals surface area (Å²) in [4.78, 5) is 0.779. The Morgan fingerprint density at radius 2 is 1.31 bits per heavy atom. The molecule has 4 heteroatoms. The van der Waals surface area contributed by atoms with Gasteiger partial charge in [0.05, 0.1) is 16.8 Å². The van der Waals surface area contributed by atoms with Gasteiger partial charge in [0, 0.05) is 10.6 Å². The van der Waals surface area contributed by atoms with Crippen LogP contribution in [-0.4, -0.2) is 8.42 Å². The average Bonchev–Trinajstić information content (AvgIpc) is 2.90. The van der Waals surface area contributed by atoms with Crippen LogP contribution in [0.1, 0.15) is 81.9 Å². The number of halogens is 1. The molecule has 0 spiro atoms. The van der Waals surface area contributed by atoms with E-state index in [1.165, 1.54) is 38.5 Å². The Morgan fingerprint density at radius 1 is 0.771 bits per heavy atom. The fourth-order valence-electron chi connectivity index (χ4n) is 4.49. The molecule has 35 heavy (non-hydrogen) atoms. The second kappa shape index (κ2) is 14.5. The SMILES string of the molecule is CCCCCCCCCC[C@@](Cl)([C@H](Nc1ccccc1)c1ccccc1)[S@@](=O)c1ccc(C)cc1. The number of alkyl halides is 1. The molecule has 3 rings (SSSR count). The summed E-state index contributed by atoms with van der Waals surface area (Å²) in [5.74, 6) is 0. The highest BCUT2D eigenvalue weighted by Crippen LogP contribution is 2.44. The van der Waals surface area contributed by atoms with E-state index in [2.05, 4.69) is 24.4 Å². The van der Waals surface area contributed by atoms with E-state index in [-0.39, 0.29) is 6.04 Å². The highest BCUT2D eigenvalue weighted by molar-refractivity contribution is 7.88. The molecule has 0 aromatic heterocycles. The maximum absolute atomic E-state index is 14.2. The van der Waals surface area contributed by atoms with E-state index in [4.69, 9.17) is 11.6 Å². The van der Waals surface area contributed by atoms with Crippen molar-refractivity contribution >= 4 is 28.1 Å². The Kier molecular flexibility index (Phi) is 11.4. The fraction of sp³-hybridized carbons (Fsp3) is 0.419. The summed E-state index contributed by atoms with van der Waals surface area (Å²) >= 11 is 7.53. The molecule has 1 N–H and O–H groups in total. The van der Waals surface area contributed by atoms with Crippen LogP contribution in [0.5, 0.6) is 0 Å². The maximum Gasteiger partial charge on any atom is 0.148 e. The van der Waals surface area contributed by atoms with Crippen LogP contribution in [0.15, 0.2) is 89.8 Å². The zero-order valence-electron chi connectivity index (χ0n) is 21.2. The number of benzene rings is 3. The molecule has 0 aliphatic carbocycles. The molecule has 0 bridgehead atoms. The molecule has 0 fully saturated rings.